The van der Waals surface area contributed by atoms with Crippen molar-refractivity contribution in [2.75, 3.05) is 17.6 Å². The number of hydrogen-bond donors (Lipinski definition) is 1. The lowest BCUT2D eigenvalue weighted by molar-refractivity contribution is -0.119. The number of thiazole rings is 1. The van der Waals surface area contributed by atoms with Gasteiger partial charge >= 0.3 is 0 Å². The molecule has 2 heterocycles. The summed E-state index contributed by atoms with van der Waals surface area (Å²) in [6.45, 7) is 4.15. The first kappa shape index (κ1) is 20.3. The van der Waals surface area contributed by atoms with Crippen LogP contribution in [0.3, 0.4) is 0 Å². The van der Waals surface area contributed by atoms with Gasteiger partial charge in [-0.1, -0.05) is 30.7 Å². The molecule has 1 amide bonds. The van der Waals surface area contributed by atoms with Crippen molar-refractivity contribution in [3.63, 3.8) is 0 Å². The van der Waals surface area contributed by atoms with Crippen LogP contribution < -0.4 is 5.32 Å². The molecular formula is C18H22ClN3O3S2. The average molecular weight is 428 g/mol. The lowest BCUT2D eigenvalue weighted by Gasteiger charge is -2.22. The molecule has 27 heavy (non-hydrogen) atoms. The quantitative estimate of drug-likeness (QED) is 0.757. The minimum Gasteiger partial charge on any atom is -0.301 e. The third-order valence-electron chi connectivity index (χ3n) is 4.47. The standard InChI is InChI=1S/C18H22ClN3O3S2/c1-3-11-27(24,25)22-10-4-5-15(22)17(23)21-18-20-16(12(2)26-18)13-6-8-14(19)9-7-13/h6-9,15H,3-5,10-11H2,1-2H3,(H,20,21,23). The Morgan fingerprint density at radius 2 is 2.07 bits per heavy atom. The highest BCUT2D eigenvalue weighted by molar-refractivity contribution is 7.89. The van der Waals surface area contributed by atoms with Gasteiger partial charge in [-0.15, -0.1) is 11.3 Å². The molecule has 1 unspecified atom stereocenters. The van der Waals surface area contributed by atoms with Gasteiger partial charge in [-0.25, -0.2) is 13.4 Å². The van der Waals surface area contributed by atoms with E-state index in [0.29, 0.717) is 36.0 Å². The van der Waals surface area contributed by atoms with Gasteiger partial charge in [-0.3, -0.25) is 4.79 Å². The van der Waals surface area contributed by atoms with E-state index in [4.69, 9.17) is 11.6 Å². The summed E-state index contributed by atoms with van der Waals surface area (Å²) in [5.41, 5.74) is 1.70. The van der Waals surface area contributed by atoms with E-state index in [1.165, 1.54) is 15.6 Å². The summed E-state index contributed by atoms with van der Waals surface area (Å²) in [5.74, 6) is -0.253. The van der Waals surface area contributed by atoms with Crippen LogP contribution in [0.15, 0.2) is 24.3 Å². The second-order valence-corrected chi connectivity index (χ2v) is 10.2. The molecule has 0 radical (unpaired) electrons. The Labute approximate surface area is 168 Å². The second-order valence-electron chi connectivity index (χ2n) is 6.50. The Bertz CT molecular complexity index is 926. The van der Waals surface area contributed by atoms with Crippen molar-refractivity contribution in [3.05, 3.63) is 34.2 Å². The molecule has 1 aromatic heterocycles. The maximum absolute atomic E-state index is 12.7. The molecule has 1 aliphatic rings. The van der Waals surface area contributed by atoms with Crippen molar-refractivity contribution >= 4 is 44.0 Å². The molecule has 6 nitrogen and oxygen atoms in total. The van der Waals surface area contributed by atoms with Gasteiger partial charge < -0.3 is 5.32 Å². The van der Waals surface area contributed by atoms with Crippen LogP contribution in [-0.2, 0) is 14.8 Å². The molecule has 0 bridgehead atoms. The highest BCUT2D eigenvalue weighted by Crippen LogP contribution is 2.32. The molecule has 1 saturated heterocycles. The van der Waals surface area contributed by atoms with Crippen LogP contribution in [0.25, 0.3) is 11.3 Å². The summed E-state index contributed by atoms with van der Waals surface area (Å²) in [6, 6.07) is 6.69. The van der Waals surface area contributed by atoms with Crippen molar-refractivity contribution in [3.8, 4) is 11.3 Å². The molecule has 1 fully saturated rings. The van der Waals surface area contributed by atoms with E-state index < -0.39 is 16.1 Å². The number of hydrogen-bond acceptors (Lipinski definition) is 5. The maximum atomic E-state index is 12.7. The number of carbonyl (C=O) groups excluding carboxylic acids is 1. The third kappa shape index (κ3) is 4.51. The summed E-state index contributed by atoms with van der Waals surface area (Å²) in [5, 5.41) is 3.93. The normalized spacial score (nSPS) is 18.0. The first-order valence-corrected chi connectivity index (χ1v) is 11.7. The van der Waals surface area contributed by atoms with Gasteiger partial charge in [-0.05, 0) is 38.3 Å². The molecular weight excluding hydrogens is 406 g/mol. The highest BCUT2D eigenvalue weighted by atomic mass is 35.5. The lowest BCUT2D eigenvalue weighted by atomic mass is 10.1. The number of nitrogens with zero attached hydrogens (tertiary/aromatic N) is 2. The Hall–Kier alpha value is -1.48. The van der Waals surface area contributed by atoms with Crippen LogP contribution in [0.2, 0.25) is 5.02 Å². The highest BCUT2D eigenvalue weighted by Gasteiger charge is 2.38. The number of amides is 1. The fourth-order valence-corrected chi connectivity index (χ4v) is 5.94. The summed E-state index contributed by atoms with van der Waals surface area (Å²) >= 11 is 7.31. The van der Waals surface area contributed by atoms with Gasteiger partial charge in [0, 0.05) is 22.0 Å². The van der Waals surface area contributed by atoms with Crippen molar-refractivity contribution in [2.45, 2.75) is 39.2 Å². The molecule has 1 aliphatic heterocycles. The third-order valence-corrected chi connectivity index (χ3v) is 7.68. The van der Waals surface area contributed by atoms with Crippen LogP contribution in [0.5, 0.6) is 0 Å². The monoisotopic (exact) mass is 427 g/mol. The molecule has 1 N–H and O–H groups in total. The maximum Gasteiger partial charge on any atom is 0.244 e. The van der Waals surface area contributed by atoms with E-state index >= 15 is 0 Å². The van der Waals surface area contributed by atoms with E-state index in [1.807, 2.05) is 26.0 Å². The van der Waals surface area contributed by atoms with E-state index in [0.717, 1.165) is 16.1 Å². The molecule has 0 spiro atoms. The molecule has 1 atom stereocenters. The van der Waals surface area contributed by atoms with Gasteiger partial charge in [0.2, 0.25) is 15.9 Å². The lowest BCUT2D eigenvalue weighted by Crippen LogP contribution is -2.44. The summed E-state index contributed by atoms with van der Waals surface area (Å²) in [7, 11) is -3.40. The minimum atomic E-state index is -3.40. The number of aryl methyl sites for hydroxylation is 1. The summed E-state index contributed by atoms with van der Waals surface area (Å²) in [4.78, 5) is 18.2. The van der Waals surface area contributed by atoms with E-state index in [2.05, 4.69) is 10.3 Å². The largest absolute Gasteiger partial charge is 0.301 e. The Kier molecular flexibility index (Phi) is 6.20. The number of anilines is 1. The van der Waals surface area contributed by atoms with Crippen molar-refractivity contribution in [1.82, 2.24) is 9.29 Å². The van der Waals surface area contributed by atoms with Crippen LogP contribution >= 0.6 is 22.9 Å². The number of sulfonamides is 1. The topological polar surface area (TPSA) is 79.4 Å². The smallest absolute Gasteiger partial charge is 0.244 e. The summed E-state index contributed by atoms with van der Waals surface area (Å²) < 4.78 is 26.1. The second kappa shape index (κ2) is 8.26. The first-order chi connectivity index (χ1) is 12.8. The van der Waals surface area contributed by atoms with Crippen molar-refractivity contribution < 1.29 is 13.2 Å². The zero-order valence-corrected chi connectivity index (χ0v) is 17.6. The van der Waals surface area contributed by atoms with Gasteiger partial charge in [0.25, 0.3) is 0 Å². The molecule has 1 aromatic carbocycles. The number of benzene rings is 1. The van der Waals surface area contributed by atoms with Gasteiger partial charge in [0.1, 0.15) is 6.04 Å². The minimum absolute atomic E-state index is 0.0633. The van der Waals surface area contributed by atoms with Crippen LogP contribution in [0, 0.1) is 6.92 Å². The number of nitrogens with one attached hydrogen (secondary N) is 1. The SMILES string of the molecule is CCCS(=O)(=O)N1CCCC1C(=O)Nc1nc(-c2ccc(Cl)cc2)c(C)s1. The number of rotatable bonds is 6. The number of aromatic nitrogens is 1. The molecule has 0 aliphatic carbocycles. The zero-order valence-electron chi connectivity index (χ0n) is 15.2. The van der Waals surface area contributed by atoms with Crippen molar-refractivity contribution in [1.29, 1.82) is 0 Å². The molecule has 3 rings (SSSR count). The van der Waals surface area contributed by atoms with Crippen molar-refractivity contribution in [2.24, 2.45) is 0 Å². The molecule has 2 aromatic rings. The van der Waals surface area contributed by atoms with Crippen LogP contribution in [0.4, 0.5) is 5.13 Å². The van der Waals surface area contributed by atoms with Gasteiger partial charge in [0.05, 0.1) is 11.4 Å². The summed E-state index contributed by atoms with van der Waals surface area (Å²) in [6.07, 6.45) is 1.75. The number of carbonyl (C=O) groups is 1. The first-order valence-electron chi connectivity index (χ1n) is 8.85. The van der Waals surface area contributed by atoms with Crippen LogP contribution in [0.1, 0.15) is 31.1 Å². The Morgan fingerprint density at radius 3 is 2.74 bits per heavy atom. The average Bonchev–Trinajstić information content (AvgIpc) is 3.23. The van der Waals surface area contributed by atoms with Gasteiger partial charge in [-0.2, -0.15) is 4.31 Å². The predicted molar refractivity (Wildman–Crippen MR) is 110 cm³/mol. The Balaban J connectivity index is 1.76. The molecule has 0 saturated carbocycles. The number of halogens is 1. The van der Waals surface area contributed by atoms with E-state index in [1.54, 1.807) is 12.1 Å². The van der Waals surface area contributed by atoms with Gasteiger partial charge in [0.15, 0.2) is 5.13 Å². The molecule has 9 heteroatoms. The van der Waals surface area contributed by atoms with Crippen LogP contribution in [-0.4, -0.2) is 42.0 Å². The van der Waals surface area contributed by atoms with E-state index in [9.17, 15) is 13.2 Å². The zero-order chi connectivity index (χ0) is 19.6. The molecule has 146 valence electrons. The predicted octanol–water partition coefficient (Wildman–Crippen LogP) is 3.91. The Morgan fingerprint density at radius 1 is 1.37 bits per heavy atom. The fraction of sp³-hybridized carbons (Fsp3) is 0.444. The fourth-order valence-electron chi connectivity index (χ4n) is 3.22. The van der Waals surface area contributed by atoms with E-state index in [-0.39, 0.29) is 11.7 Å².